The summed E-state index contributed by atoms with van der Waals surface area (Å²) >= 11 is 3.49. The maximum absolute atomic E-state index is 4.67. The number of rotatable bonds is 2. The first-order chi connectivity index (χ1) is 10.2. The van der Waals surface area contributed by atoms with Gasteiger partial charge in [0.1, 0.15) is 5.82 Å². The van der Waals surface area contributed by atoms with Gasteiger partial charge in [0.2, 0.25) is 0 Å². The molecule has 0 amide bonds. The van der Waals surface area contributed by atoms with Gasteiger partial charge in [-0.2, -0.15) is 5.10 Å². The summed E-state index contributed by atoms with van der Waals surface area (Å²) in [6.45, 7) is 2.01. The fourth-order valence-corrected chi connectivity index (χ4v) is 4.13. The van der Waals surface area contributed by atoms with E-state index in [1.807, 2.05) is 25.5 Å². The lowest BCUT2D eigenvalue weighted by Crippen LogP contribution is -2.44. The van der Waals surface area contributed by atoms with Crippen LogP contribution in [0.3, 0.4) is 0 Å². The van der Waals surface area contributed by atoms with Crippen molar-refractivity contribution in [1.29, 1.82) is 0 Å². The van der Waals surface area contributed by atoms with Crippen LogP contribution in [0.4, 0.5) is 5.82 Å². The molecule has 4 heterocycles. The lowest BCUT2D eigenvalue weighted by Gasteiger charge is -2.39. The molecule has 0 spiro atoms. The first kappa shape index (κ1) is 13.2. The maximum Gasteiger partial charge on any atom is 0.147 e. The second kappa shape index (κ2) is 5.09. The summed E-state index contributed by atoms with van der Waals surface area (Å²) in [5.74, 6) is 1.04. The van der Waals surface area contributed by atoms with E-state index < -0.39 is 0 Å². The minimum atomic E-state index is 0.503. The van der Waals surface area contributed by atoms with Crippen molar-refractivity contribution in [2.45, 2.75) is 50.7 Å². The van der Waals surface area contributed by atoms with Gasteiger partial charge in [-0.15, -0.1) is 0 Å². The quantitative estimate of drug-likeness (QED) is 0.837. The van der Waals surface area contributed by atoms with E-state index in [1.54, 1.807) is 0 Å². The van der Waals surface area contributed by atoms with E-state index in [-0.39, 0.29) is 0 Å². The van der Waals surface area contributed by atoms with Gasteiger partial charge in [0.15, 0.2) is 0 Å². The fourth-order valence-electron chi connectivity index (χ4n) is 3.83. The molecule has 5 nitrogen and oxygen atoms in total. The molecule has 0 N–H and O–H groups in total. The Morgan fingerprint density at radius 3 is 2.48 bits per heavy atom. The van der Waals surface area contributed by atoms with E-state index in [1.165, 1.54) is 12.8 Å². The Balaban J connectivity index is 1.59. The first-order valence-corrected chi connectivity index (χ1v) is 8.26. The van der Waals surface area contributed by atoms with Gasteiger partial charge in [-0.25, -0.2) is 4.98 Å². The molecule has 2 atom stereocenters. The number of anilines is 1. The Labute approximate surface area is 132 Å². The Kier molecular flexibility index (Phi) is 3.21. The Morgan fingerprint density at radius 2 is 1.86 bits per heavy atom. The van der Waals surface area contributed by atoms with Crippen molar-refractivity contribution < 1.29 is 0 Å². The normalized spacial score (nSPS) is 28.1. The van der Waals surface area contributed by atoms with Crippen molar-refractivity contribution in [2.24, 2.45) is 0 Å². The molecule has 2 aliphatic rings. The number of hydrogen-bond acceptors (Lipinski definition) is 4. The number of nitrogens with zero attached hydrogens (tertiary/aromatic N) is 5. The van der Waals surface area contributed by atoms with Crippen LogP contribution in [0.25, 0.3) is 0 Å². The maximum atomic E-state index is 4.67. The Bertz CT molecular complexity index is 641. The predicted octanol–water partition coefficient (Wildman–Crippen LogP) is 3.12. The summed E-state index contributed by atoms with van der Waals surface area (Å²) in [7, 11) is 0. The highest BCUT2D eigenvalue weighted by atomic mass is 79.9. The molecule has 0 aliphatic carbocycles. The second-order valence-corrected chi connectivity index (χ2v) is 6.99. The van der Waals surface area contributed by atoms with Crippen LogP contribution in [0.5, 0.6) is 0 Å². The summed E-state index contributed by atoms with van der Waals surface area (Å²) in [5.41, 5.74) is 0.991. The van der Waals surface area contributed by atoms with Gasteiger partial charge >= 0.3 is 0 Å². The van der Waals surface area contributed by atoms with Crippen molar-refractivity contribution in [3.8, 4) is 0 Å². The van der Waals surface area contributed by atoms with Gasteiger partial charge in [0, 0.05) is 24.5 Å². The molecule has 2 saturated heterocycles. The van der Waals surface area contributed by atoms with Gasteiger partial charge in [-0.1, -0.05) is 0 Å². The summed E-state index contributed by atoms with van der Waals surface area (Å²) in [6, 6.07) is 1.63. The molecule has 2 aliphatic heterocycles. The van der Waals surface area contributed by atoms with E-state index in [9.17, 15) is 0 Å². The van der Waals surface area contributed by atoms with Crippen LogP contribution >= 0.6 is 15.9 Å². The largest absolute Gasteiger partial charge is 0.349 e. The van der Waals surface area contributed by atoms with E-state index in [4.69, 9.17) is 0 Å². The van der Waals surface area contributed by atoms with Gasteiger partial charge in [0.25, 0.3) is 0 Å². The fraction of sp³-hybridized carbons (Fsp3) is 0.533. The number of piperidine rings is 1. The van der Waals surface area contributed by atoms with Crippen molar-refractivity contribution in [3.05, 3.63) is 35.0 Å². The molecule has 110 valence electrons. The molecule has 21 heavy (non-hydrogen) atoms. The van der Waals surface area contributed by atoms with Crippen LogP contribution in [0.2, 0.25) is 0 Å². The van der Waals surface area contributed by atoms with Gasteiger partial charge in [-0.05, 0) is 48.5 Å². The smallest absolute Gasteiger partial charge is 0.147 e. The number of hydrogen-bond donors (Lipinski definition) is 0. The highest BCUT2D eigenvalue weighted by molar-refractivity contribution is 9.10. The molecule has 2 bridgehead atoms. The van der Waals surface area contributed by atoms with E-state index in [0.29, 0.717) is 18.1 Å². The lowest BCUT2D eigenvalue weighted by molar-refractivity contribution is 0.313. The molecule has 2 fully saturated rings. The average Bonchev–Trinajstić information content (AvgIpc) is 3.01. The molecule has 2 aromatic heterocycles. The number of aryl methyl sites for hydroxylation is 1. The predicted molar refractivity (Wildman–Crippen MR) is 84.3 cm³/mol. The van der Waals surface area contributed by atoms with Gasteiger partial charge < -0.3 is 4.90 Å². The third-order valence-electron chi connectivity index (χ3n) is 4.66. The molecule has 0 saturated carbocycles. The topological polar surface area (TPSA) is 46.8 Å². The summed E-state index contributed by atoms with van der Waals surface area (Å²) in [6.07, 6.45) is 12.5. The van der Waals surface area contributed by atoms with Crippen LogP contribution < -0.4 is 4.90 Å². The van der Waals surface area contributed by atoms with Crippen molar-refractivity contribution >= 4 is 21.7 Å². The van der Waals surface area contributed by atoms with Crippen LogP contribution in [0.15, 0.2) is 29.3 Å². The summed E-state index contributed by atoms with van der Waals surface area (Å²) in [5, 5.41) is 4.47. The van der Waals surface area contributed by atoms with E-state index >= 15 is 0 Å². The zero-order valence-electron chi connectivity index (χ0n) is 12.0. The highest BCUT2D eigenvalue weighted by Crippen LogP contribution is 2.42. The number of halogens is 1. The SMILES string of the molecule is Cc1cncc(N2C3CCC2CC(n2cc(Br)cn2)C3)n1. The van der Waals surface area contributed by atoms with E-state index in [2.05, 4.69) is 46.8 Å². The molecule has 6 heteroatoms. The van der Waals surface area contributed by atoms with Crippen molar-refractivity contribution in [3.63, 3.8) is 0 Å². The second-order valence-electron chi connectivity index (χ2n) is 6.07. The van der Waals surface area contributed by atoms with Crippen LogP contribution in [0.1, 0.15) is 37.4 Å². The Morgan fingerprint density at radius 1 is 1.10 bits per heavy atom. The standard InChI is InChI=1S/C15H18BrN5/c1-10-6-17-8-15(19-10)21-12-2-3-13(21)5-14(4-12)20-9-11(16)7-18-20/h6-9,12-14H,2-5H2,1H3. The monoisotopic (exact) mass is 347 g/mol. The minimum Gasteiger partial charge on any atom is -0.349 e. The summed E-state index contributed by atoms with van der Waals surface area (Å²) in [4.78, 5) is 11.5. The van der Waals surface area contributed by atoms with Crippen LogP contribution in [-0.4, -0.2) is 31.8 Å². The third-order valence-corrected chi connectivity index (χ3v) is 5.07. The molecule has 4 rings (SSSR count). The van der Waals surface area contributed by atoms with E-state index in [0.717, 1.165) is 28.8 Å². The average molecular weight is 348 g/mol. The van der Waals surface area contributed by atoms with Crippen molar-refractivity contribution in [2.75, 3.05) is 4.90 Å². The number of fused-ring (bicyclic) bond motifs is 2. The minimum absolute atomic E-state index is 0.503. The lowest BCUT2D eigenvalue weighted by atomic mass is 9.97. The van der Waals surface area contributed by atoms with Crippen molar-refractivity contribution in [1.82, 2.24) is 19.7 Å². The third kappa shape index (κ3) is 2.35. The molecular formula is C15H18BrN5. The van der Waals surface area contributed by atoms with Gasteiger partial charge in [-0.3, -0.25) is 9.67 Å². The zero-order chi connectivity index (χ0) is 14.4. The summed E-state index contributed by atoms with van der Waals surface area (Å²) < 4.78 is 3.18. The first-order valence-electron chi connectivity index (χ1n) is 7.47. The molecule has 2 unspecified atom stereocenters. The van der Waals surface area contributed by atoms with Crippen LogP contribution in [-0.2, 0) is 0 Å². The Hall–Kier alpha value is -1.43. The molecule has 2 aromatic rings. The molecule has 0 radical (unpaired) electrons. The highest BCUT2D eigenvalue weighted by Gasteiger charge is 2.42. The van der Waals surface area contributed by atoms with Crippen LogP contribution in [0, 0.1) is 6.92 Å². The van der Waals surface area contributed by atoms with Gasteiger partial charge in [0.05, 0.1) is 28.6 Å². The number of aromatic nitrogens is 4. The molecule has 0 aromatic carbocycles. The zero-order valence-corrected chi connectivity index (χ0v) is 13.6. The molecular weight excluding hydrogens is 330 g/mol.